The minimum absolute atomic E-state index is 0.0261. The molecule has 0 aromatic carbocycles. The van der Waals surface area contributed by atoms with E-state index in [1.807, 2.05) is 0 Å². The van der Waals surface area contributed by atoms with E-state index in [0.717, 1.165) is 0 Å². The summed E-state index contributed by atoms with van der Waals surface area (Å²) < 4.78 is 0. The zero-order valence-electron chi connectivity index (χ0n) is 4.58. The predicted molar refractivity (Wildman–Crippen MR) is 35.4 cm³/mol. The molecule has 52 valence electrons. The molecule has 0 aliphatic heterocycles. The van der Waals surface area contributed by atoms with Gasteiger partial charge < -0.3 is 5.11 Å². The minimum atomic E-state index is -0.914. The molecule has 0 aromatic rings. The molecule has 0 aliphatic carbocycles. The smallest absolute Gasteiger partial charge is 0.303 e. The van der Waals surface area contributed by atoms with Crippen molar-refractivity contribution in [1.29, 1.82) is 0 Å². The zero-order valence-corrected chi connectivity index (χ0v) is 6.17. The summed E-state index contributed by atoms with van der Waals surface area (Å²) in [7, 11) is 0. The van der Waals surface area contributed by atoms with Crippen molar-refractivity contribution in [3.8, 4) is 0 Å². The first kappa shape index (κ1) is 8.55. The molecule has 0 bridgehead atoms. The molecule has 4 nitrogen and oxygen atoms in total. The molecular weight excluding hydrogens is 190 g/mol. The van der Waals surface area contributed by atoms with Gasteiger partial charge in [0.15, 0.2) is 0 Å². The highest BCUT2D eigenvalue weighted by Crippen LogP contribution is 2.07. The molecule has 0 spiro atoms. The average molecular weight is 196 g/mol. The number of carboxylic acids is 1. The number of hydrogen-bond acceptors (Lipinski definition) is 3. The Bertz CT molecular complexity index is 116. The molecule has 0 fully saturated rings. The van der Waals surface area contributed by atoms with Crippen LogP contribution >= 0.6 is 15.9 Å². The van der Waals surface area contributed by atoms with Crippen molar-refractivity contribution < 1.29 is 9.90 Å². The molecule has 5 heteroatoms. The summed E-state index contributed by atoms with van der Waals surface area (Å²) >= 11 is 2.86. The van der Waals surface area contributed by atoms with E-state index < -0.39 is 10.9 Å². The quantitative estimate of drug-likeness (QED) is 0.419. The Kier molecular flexibility index (Phi) is 4.21. The van der Waals surface area contributed by atoms with Gasteiger partial charge in [0.05, 0.1) is 0 Å². The largest absolute Gasteiger partial charge is 0.481 e. The lowest BCUT2D eigenvalue weighted by Crippen LogP contribution is -1.99. The Morgan fingerprint density at radius 2 is 2.33 bits per heavy atom. The van der Waals surface area contributed by atoms with Crippen LogP contribution in [-0.4, -0.2) is 16.0 Å². The maximum atomic E-state index is 9.86. The van der Waals surface area contributed by atoms with E-state index in [2.05, 4.69) is 21.1 Å². The maximum absolute atomic E-state index is 9.86. The van der Waals surface area contributed by atoms with Crippen molar-refractivity contribution in [2.75, 3.05) is 0 Å². The summed E-state index contributed by atoms with van der Waals surface area (Å²) in [5, 5.41) is 10.7. The van der Waals surface area contributed by atoms with Crippen LogP contribution in [0.5, 0.6) is 0 Å². The number of carboxylic acid groups (broad SMARTS) is 1. The molecule has 1 unspecified atom stereocenters. The van der Waals surface area contributed by atoms with E-state index in [-0.39, 0.29) is 12.8 Å². The third-order valence-corrected chi connectivity index (χ3v) is 1.34. The minimum Gasteiger partial charge on any atom is -0.481 e. The molecule has 1 N–H and O–H groups in total. The number of alkyl halides is 1. The Balaban J connectivity index is 3.26. The van der Waals surface area contributed by atoms with Crippen molar-refractivity contribution >= 4 is 21.9 Å². The molecule has 1 atom stereocenters. The third-order valence-electron chi connectivity index (χ3n) is 0.711. The SMILES string of the molecule is O=NC(Br)CCC(=O)O. The number of carbonyl (C=O) groups is 1. The fraction of sp³-hybridized carbons (Fsp3) is 0.750. The lowest BCUT2D eigenvalue weighted by molar-refractivity contribution is -0.137. The van der Waals surface area contributed by atoms with Crippen LogP contribution in [0, 0.1) is 4.91 Å². The maximum Gasteiger partial charge on any atom is 0.303 e. The van der Waals surface area contributed by atoms with E-state index in [1.54, 1.807) is 0 Å². The van der Waals surface area contributed by atoms with Gasteiger partial charge in [-0.15, -0.1) is 4.91 Å². The summed E-state index contributed by atoms with van der Waals surface area (Å²) in [5.74, 6) is -0.914. The van der Waals surface area contributed by atoms with Crippen LogP contribution in [0.25, 0.3) is 0 Å². The van der Waals surface area contributed by atoms with Crippen LogP contribution in [0.15, 0.2) is 5.18 Å². The van der Waals surface area contributed by atoms with Gasteiger partial charge in [-0.25, -0.2) is 0 Å². The number of halogens is 1. The first-order valence-corrected chi connectivity index (χ1v) is 3.26. The summed E-state index contributed by atoms with van der Waals surface area (Å²) in [5.41, 5.74) is 0. The lowest BCUT2D eigenvalue weighted by Gasteiger charge is -1.93. The van der Waals surface area contributed by atoms with Crippen LogP contribution in [0.4, 0.5) is 0 Å². The summed E-state index contributed by atoms with van der Waals surface area (Å²) in [6.07, 6.45) is 0.223. The van der Waals surface area contributed by atoms with Crippen LogP contribution in [0.2, 0.25) is 0 Å². The molecule has 0 saturated carbocycles. The third kappa shape index (κ3) is 5.42. The van der Waals surface area contributed by atoms with Crippen molar-refractivity contribution in [3.05, 3.63) is 4.91 Å². The van der Waals surface area contributed by atoms with Gasteiger partial charge in [-0.2, -0.15) is 0 Å². The molecule has 0 heterocycles. The van der Waals surface area contributed by atoms with Gasteiger partial charge in [0.2, 0.25) is 0 Å². The topological polar surface area (TPSA) is 66.7 Å². The highest BCUT2D eigenvalue weighted by atomic mass is 79.9. The Labute approximate surface area is 60.4 Å². The zero-order chi connectivity index (χ0) is 7.28. The Morgan fingerprint density at radius 1 is 1.78 bits per heavy atom. The van der Waals surface area contributed by atoms with Gasteiger partial charge in [-0.1, -0.05) is 21.1 Å². The van der Waals surface area contributed by atoms with Crippen molar-refractivity contribution in [3.63, 3.8) is 0 Å². The predicted octanol–water partition coefficient (Wildman–Crippen LogP) is 1.34. The standard InChI is InChI=1S/C4H6BrNO3/c5-3(6-9)1-2-4(7)8/h3H,1-2H2,(H,7,8). The molecule has 0 radical (unpaired) electrons. The first-order chi connectivity index (χ1) is 4.16. The molecule has 0 amide bonds. The number of nitrogens with zero attached hydrogens (tertiary/aromatic N) is 1. The van der Waals surface area contributed by atoms with Gasteiger partial charge in [0.1, 0.15) is 4.95 Å². The van der Waals surface area contributed by atoms with E-state index in [0.29, 0.717) is 0 Å². The highest BCUT2D eigenvalue weighted by Gasteiger charge is 2.04. The van der Waals surface area contributed by atoms with E-state index in [1.165, 1.54) is 0 Å². The fourth-order valence-electron chi connectivity index (χ4n) is 0.295. The van der Waals surface area contributed by atoms with Crippen LogP contribution in [0.3, 0.4) is 0 Å². The molecular formula is C4H6BrNO3. The van der Waals surface area contributed by atoms with Crippen LogP contribution in [-0.2, 0) is 4.79 Å². The van der Waals surface area contributed by atoms with E-state index in [4.69, 9.17) is 5.11 Å². The molecule has 0 aromatic heterocycles. The number of rotatable bonds is 4. The Morgan fingerprint density at radius 3 is 2.67 bits per heavy atom. The van der Waals surface area contributed by atoms with Crippen molar-refractivity contribution in [2.24, 2.45) is 5.18 Å². The van der Waals surface area contributed by atoms with Gasteiger partial charge >= 0.3 is 5.97 Å². The summed E-state index contributed by atoms with van der Waals surface area (Å²) in [4.78, 5) is 18.9. The van der Waals surface area contributed by atoms with Gasteiger partial charge in [-0.3, -0.25) is 4.79 Å². The summed E-state index contributed by atoms with van der Waals surface area (Å²) in [6, 6.07) is 0. The van der Waals surface area contributed by atoms with E-state index >= 15 is 0 Å². The average Bonchev–Trinajstić information content (AvgIpc) is 1.83. The van der Waals surface area contributed by atoms with Gasteiger partial charge in [-0.05, 0) is 6.42 Å². The van der Waals surface area contributed by atoms with Crippen LogP contribution < -0.4 is 0 Å². The second-order valence-electron chi connectivity index (χ2n) is 1.47. The van der Waals surface area contributed by atoms with E-state index in [9.17, 15) is 9.70 Å². The highest BCUT2D eigenvalue weighted by molar-refractivity contribution is 9.09. The lowest BCUT2D eigenvalue weighted by atomic mass is 10.3. The Hall–Kier alpha value is -0.450. The van der Waals surface area contributed by atoms with Gasteiger partial charge in [0, 0.05) is 6.42 Å². The van der Waals surface area contributed by atoms with Gasteiger partial charge in [0.25, 0.3) is 0 Å². The second kappa shape index (κ2) is 4.43. The molecule has 9 heavy (non-hydrogen) atoms. The molecule has 0 saturated heterocycles. The second-order valence-corrected chi connectivity index (χ2v) is 2.53. The molecule has 0 aliphatic rings. The number of aliphatic carboxylic acids is 1. The van der Waals surface area contributed by atoms with Crippen molar-refractivity contribution in [2.45, 2.75) is 17.8 Å². The summed E-state index contributed by atoms with van der Waals surface area (Å²) in [6.45, 7) is 0. The van der Waals surface area contributed by atoms with Crippen LogP contribution in [0.1, 0.15) is 12.8 Å². The normalized spacial score (nSPS) is 12.6. The number of nitroso groups, excluding NO2 is 1. The monoisotopic (exact) mass is 195 g/mol. The fourth-order valence-corrected chi connectivity index (χ4v) is 0.524. The first-order valence-electron chi connectivity index (χ1n) is 2.35. The van der Waals surface area contributed by atoms with Crippen molar-refractivity contribution in [1.82, 2.24) is 0 Å². The number of hydrogen-bond donors (Lipinski definition) is 1. The molecule has 0 rings (SSSR count).